The maximum atomic E-state index is 4.70. The topological polar surface area (TPSA) is 12.4 Å². The minimum absolute atomic E-state index is 0.204. The summed E-state index contributed by atoms with van der Waals surface area (Å²) in [7, 11) is 0. The zero-order chi connectivity index (χ0) is 15.4. The van der Waals surface area contributed by atoms with Gasteiger partial charge >= 0.3 is 0 Å². The van der Waals surface area contributed by atoms with Gasteiger partial charge in [-0.3, -0.25) is 4.99 Å². The Morgan fingerprint density at radius 1 is 0.909 bits per heavy atom. The fourth-order valence-corrected chi connectivity index (χ4v) is 2.71. The van der Waals surface area contributed by atoms with Crippen molar-refractivity contribution in [3.8, 4) is 0 Å². The summed E-state index contributed by atoms with van der Waals surface area (Å²) in [4.78, 5) is 4.70. The Bertz CT molecular complexity index is 779. The molecule has 110 valence electrons. The molecule has 22 heavy (non-hydrogen) atoms. The molecule has 3 aromatic carbocycles. The van der Waals surface area contributed by atoms with Gasteiger partial charge in [0.2, 0.25) is 0 Å². The zero-order valence-corrected chi connectivity index (χ0v) is 13.2. The summed E-state index contributed by atoms with van der Waals surface area (Å²) in [5.74, 6) is 0. The van der Waals surface area contributed by atoms with Crippen molar-refractivity contribution in [1.29, 1.82) is 0 Å². The van der Waals surface area contributed by atoms with Gasteiger partial charge in [0.05, 0.1) is 6.04 Å². The summed E-state index contributed by atoms with van der Waals surface area (Å²) < 4.78 is 0. The molecule has 1 heteroatoms. The van der Waals surface area contributed by atoms with Crippen molar-refractivity contribution in [3.05, 3.63) is 83.4 Å². The number of benzene rings is 3. The van der Waals surface area contributed by atoms with Crippen molar-refractivity contribution in [3.63, 3.8) is 0 Å². The minimum Gasteiger partial charge on any atom is -0.289 e. The van der Waals surface area contributed by atoms with Gasteiger partial charge in [0.25, 0.3) is 0 Å². The van der Waals surface area contributed by atoms with Crippen molar-refractivity contribution >= 4 is 17.0 Å². The molecule has 0 aliphatic carbocycles. The number of nitrogens with zero attached hydrogens (tertiary/aromatic N) is 1. The third-order valence-corrected chi connectivity index (χ3v) is 4.08. The summed E-state index contributed by atoms with van der Waals surface area (Å²) in [6, 6.07) is 23.8. The summed E-state index contributed by atoms with van der Waals surface area (Å²) in [6.07, 6.45) is 2.92. The molecule has 0 saturated carbocycles. The number of fused-ring (bicyclic) bond motifs is 1. The average Bonchev–Trinajstić information content (AvgIpc) is 2.55. The minimum atomic E-state index is 0.204. The lowest BCUT2D eigenvalue weighted by Crippen LogP contribution is -1.93. The first-order chi connectivity index (χ1) is 10.7. The standard InChI is InChI=1S/C21H21N/c1-16-10-12-18(13-11-16)17(2)22-15-14-20-8-5-7-19-6-3-4-9-21(19)20/h3-13,15,17H,14H2,1-2H3. The van der Waals surface area contributed by atoms with Gasteiger partial charge in [0, 0.05) is 12.6 Å². The number of hydrogen-bond donors (Lipinski definition) is 0. The van der Waals surface area contributed by atoms with Crippen LogP contribution in [0.5, 0.6) is 0 Å². The third-order valence-electron chi connectivity index (χ3n) is 4.08. The molecule has 3 rings (SSSR count). The fraction of sp³-hybridized carbons (Fsp3) is 0.190. The molecule has 0 aromatic heterocycles. The van der Waals surface area contributed by atoms with E-state index in [2.05, 4.69) is 80.6 Å². The van der Waals surface area contributed by atoms with Crippen LogP contribution in [0.2, 0.25) is 0 Å². The quantitative estimate of drug-likeness (QED) is 0.560. The first-order valence-corrected chi connectivity index (χ1v) is 7.79. The van der Waals surface area contributed by atoms with E-state index in [0.717, 1.165) is 6.42 Å². The number of aliphatic imine (C=N–C) groups is 1. The summed E-state index contributed by atoms with van der Waals surface area (Å²) in [6.45, 7) is 4.25. The van der Waals surface area contributed by atoms with E-state index in [9.17, 15) is 0 Å². The Morgan fingerprint density at radius 2 is 1.64 bits per heavy atom. The Morgan fingerprint density at radius 3 is 2.45 bits per heavy atom. The maximum absolute atomic E-state index is 4.70. The molecule has 0 heterocycles. The summed E-state index contributed by atoms with van der Waals surface area (Å²) in [5.41, 5.74) is 3.88. The highest BCUT2D eigenvalue weighted by molar-refractivity contribution is 5.87. The van der Waals surface area contributed by atoms with Gasteiger partial charge < -0.3 is 0 Å². The van der Waals surface area contributed by atoms with Crippen LogP contribution in [0.4, 0.5) is 0 Å². The molecular weight excluding hydrogens is 266 g/mol. The van der Waals surface area contributed by atoms with E-state index in [0.29, 0.717) is 0 Å². The Hall–Kier alpha value is -2.41. The van der Waals surface area contributed by atoms with Crippen molar-refractivity contribution < 1.29 is 0 Å². The lowest BCUT2D eigenvalue weighted by molar-refractivity contribution is 0.821. The molecule has 0 fully saturated rings. The van der Waals surface area contributed by atoms with Crippen LogP contribution in [0.3, 0.4) is 0 Å². The lowest BCUT2D eigenvalue weighted by atomic mass is 10.0. The maximum Gasteiger partial charge on any atom is 0.0717 e. The average molecular weight is 287 g/mol. The molecule has 1 nitrogen and oxygen atoms in total. The van der Waals surface area contributed by atoms with Crippen LogP contribution in [-0.4, -0.2) is 6.21 Å². The van der Waals surface area contributed by atoms with Crippen LogP contribution in [0.25, 0.3) is 10.8 Å². The van der Waals surface area contributed by atoms with E-state index < -0.39 is 0 Å². The fourth-order valence-electron chi connectivity index (χ4n) is 2.71. The van der Waals surface area contributed by atoms with Crippen molar-refractivity contribution in [2.24, 2.45) is 4.99 Å². The molecule has 0 bridgehead atoms. The van der Waals surface area contributed by atoms with Crippen LogP contribution in [0.1, 0.15) is 29.7 Å². The van der Waals surface area contributed by atoms with Crippen LogP contribution in [0.15, 0.2) is 71.7 Å². The normalized spacial score (nSPS) is 12.8. The molecule has 0 amide bonds. The third kappa shape index (κ3) is 3.25. The molecule has 0 aliphatic heterocycles. The molecule has 1 atom stereocenters. The highest BCUT2D eigenvalue weighted by Crippen LogP contribution is 2.20. The van der Waals surface area contributed by atoms with Gasteiger partial charge in [-0.1, -0.05) is 72.3 Å². The molecule has 0 radical (unpaired) electrons. The largest absolute Gasteiger partial charge is 0.289 e. The van der Waals surface area contributed by atoms with Gasteiger partial charge in [0.1, 0.15) is 0 Å². The van der Waals surface area contributed by atoms with Gasteiger partial charge in [-0.15, -0.1) is 0 Å². The van der Waals surface area contributed by atoms with Gasteiger partial charge in [0.15, 0.2) is 0 Å². The van der Waals surface area contributed by atoms with Crippen LogP contribution >= 0.6 is 0 Å². The first-order valence-electron chi connectivity index (χ1n) is 7.79. The molecule has 0 N–H and O–H groups in total. The second-order valence-corrected chi connectivity index (χ2v) is 5.76. The van der Waals surface area contributed by atoms with Crippen LogP contribution in [0, 0.1) is 6.92 Å². The van der Waals surface area contributed by atoms with Crippen LogP contribution in [-0.2, 0) is 6.42 Å². The molecule has 0 saturated heterocycles. The Labute approximate surface area is 132 Å². The van der Waals surface area contributed by atoms with E-state index in [4.69, 9.17) is 4.99 Å². The molecule has 1 unspecified atom stereocenters. The van der Waals surface area contributed by atoms with Gasteiger partial charge in [-0.25, -0.2) is 0 Å². The predicted octanol–water partition coefficient (Wildman–Crippen LogP) is 5.52. The van der Waals surface area contributed by atoms with Gasteiger partial charge in [-0.05, 0) is 35.7 Å². The lowest BCUT2D eigenvalue weighted by Gasteiger charge is -2.07. The monoisotopic (exact) mass is 287 g/mol. The molecular formula is C21H21N. The van der Waals surface area contributed by atoms with E-state index >= 15 is 0 Å². The number of hydrogen-bond acceptors (Lipinski definition) is 1. The zero-order valence-electron chi connectivity index (χ0n) is 13.2. The highest BCUT2D eigenvalue weighted by Gasteiger charge is 2.02. The van der Waals surface area contributed by atoms with E-state index in [-0.39, 0.29) is 6.04 Å². The Kier molecular flexibility index (Phi) is 4.34. The van der Waals surface area contributed by atoms with E-state index in [1.165, 1.54) is 27.5 Å². The number of rotatable bonds is 4. The van der Waals surface area contributed by atoms with E-state index in [1.807, 2.05) is 6.21 Å². The molecule has 0 aliphatic rings. The second-order valence-electron chi connectivity index (χ2n) is 5.76. The Balaban J connectivity index is 1.74. The predicted molar refractivity (Wildman–Crippen MR) is 95.7 cm³/mol. The van der Waals surface area contributed by atoms with Crippen LogP contribution < -0.4 is 0 Å². The SMILES string of the molecule is Cc1ccc(C(C)N=CCc2cccc3ccccc23)cc1. The molecule has 0 spiro atoms. The smallest absolute Gasteiger partial charge is 0.0717 e. The second kappa shape index (κ2) is 6.57. The highest BCUT2D eigenvalue weighted by atomic mass is 14.8. The van der Waals surface area contributed by atoms with Gasteiger partial charge in [-0.2, -0.15) is 0 Å². The van der Waals surface area contributed by atoms with E-state index in [1.54, 1.807) is 0 Å². The van der Waals surface area contributed by atoms with Crippen molar-refractivity contribution in [1.82, 2.24) is 0 Å². The number of aryl methyl sites for hydroxylation is 1. The van der Waals surface area contributed by atoms with Crippen molar-refractivity contribution in [2.45, 2.75) is 26.3 Å². The summed E-state index contributed by atoms with van der Waals surface area (Å²) in [5, 5.41) is 2.61. The summed E-state index contributed by atoms with van der Waals surface area (Å²) >= 11 is 0. The van der Waals surface area contributed by atoms with Crippen molar-refractivity contribution in [2.75, 3.05) is 0 Å². The first kappa shape index (κ1) is 14.5. The molecule has 3 aromatic rings.